The predicted octanol–water partition coefficient (Wildman–Crippen LogP) is 1.53. The largest absolute Gasteiger partial charge is 0.480 e. The number of ether oxygens (including phenoxy) is 2. The molecule has 1 amide bonds. The lowest BCUT2D eigenvalue weighted by Crippen LogP contribution is -2.35. The number of fused-ring (bicyclic) bond motifs is 1. The monoisotopic (exact) mass is 359 g/mol. The van der Waals surface area contributed by atoms with Gasteiger partial charge in [0.25, 0.3) is 5.91 Å². The molecule has 1 aliphatic heterocycles. The zero-order valence-corrected chi connectivity index (χ0v) is 14.6. The highest BCUT2D eigenvalue weighted by Gasteiger charge is 2.18. The van der Waals surface area contributed by atoms with Gasteiger partial charge in [0, 0.05) is 12.7 Å². The van der Waals surface area contributed by atoms with Crippen molar-refractivity contribution < 1.29 is 24.2 Å². The molecular formula is C18H21N3O5. The quantitative estimate of drug-likeness (QED) is 0.475. The maximum atomic E-state index is 12.1. The van der Waals surface area contributed by atoms with Crippen molar-refractivity contribution in [1.82, 2.24) is 10.6 Å². The molecule has 8 heteroatoms. The van der Waals surface area contributed by atoms with Crippen LogP contribution in [-0.4, -0.2) is 29.8 Å². The number of carboxylic acid groups (broad SMARTS) is 1. The molecule has 0 aromatic heterocycles. The number of nitrogens with zero attached hydrogens (tertiary/aromatic N) is 1. The Balaban J connectivity index is 1.95. The van der Waals surface area contributed by atoms with Gasteiger partial charge >= 0.3 is 5.97 Å². The Morgan fingerprint density at radius 2 is 2.08 bits per heavy atom. The SMILES string of the molecule is CC(C)CC(N/C=C(/C#N)C(=O)NCc1ccc2c(c1)OCO2)C(=O)O. The minimum atomic E-state index is -1.03. The van der Waals surface area contributed by atoms with Gasteiger partial charge < -0.3 is 25.2 Å². The van der Waals surface area contributed by atoms with Crippen LogP contribution in [0.2, 0.25) is 0 Å². The van der Waals surface area contributed by atoms with Crippen molar-refractivity contribution >= 4 is 11.9 Å². The van der Waals surface area contributed by atoms with E-state index in [1.54, 1.807) is 24.3 Å². The Kier molecular flexibility index (Phi) is 6.44. The lowest BCUT2D eigenvalue weighted by atomic mass is 10.0. The molecule has 0 aliphatic carbocycles. The molecule has 3 N–H and O–H groups in total. The summed E-state index contributed by atoms with van der Waals surface area (Å²) >= 11 is 0. The van der Waals surface area contributed by atoms with Crippen molar-refractivity contribution in [3.05, 3.63) is 35.5 Å². The van der Waals surface area contributed by atoms with E-state index in [1.165, 1.54) is 0 Å². The topological polar surface area (TPSA) is 121 Å². The van der Waals surface area contributed by atoms with Gasteiger partial charge in [-0.15, -0.1) is 0 Å². The average Bonchev–Trinajstić information content (AvgIpc) is 3.06. The molecule has 1 unspecified atom stereocenters. The van der Waals surface area contributed by atoms with Crippen molar-refractivity contribution in [2.24, 2.45) is 5.92 Å². The van der Waals surface area contributed by atoms with Gasteiger partial charge in [0.05, 0.1) is 0 Å². The molecule has 2 rings (SSSR count). The third-order valence-electron chi connectivity index (χ3n) is 3.69. The zero-order chi connectivity index (χ0) is 19.1. The Hall–Kier alpha value is -3.21. The second-order valence-corrected chi connectivity index (χ2v) is 6.23. The lowest BCUT2D eigenvalue weighted by molar-refractivity contribution is -0.139. The number of amides is 1. The number of benzene rings is 1. The number of aliphatic carboxylic acids is 1. The van der Waals surface area contributed by atoms with Crippen LogP contribution >= 0.6 is 0 Å². The van der Waals surface area contributed by atoms with Crippen molar-refractivity contribution in [3.63, 3.8) is 0 Å². The smallest absolute Gasteiger partial charge is 0.326 e. The van der Waals surface area contributed by atoms with Crippen LogP contribution in [0.25, 0.3) is 0 Å². The highest BCUT2D eigenvalue weighted by molar-refractivity contribution is 5.97. The number of carbonyl (C=O) groups is 2. The lowest BCUT2D eigenvalue weighted by Gasteiger charge is -2.15. The van der Waals surface area contributed by atoms with E-state index in [1.807, 2.05) is 13.8 Å². The molecule has 0 bridgehead atoms. The summed E-state index contributed by atoms with van der Waals surface area (Å²) in [6.07, 6.45) is 1.53. The summed E-state index contributed by atoms with van der Waals surface area (Å²) in [5.41, 5.74) is 0.594. The van der Waals surface area contributed by atoms with Gasteiger partial charge in [0.15, 0.2) is 11.5 Å². The summed E-state index contributed by atoms with van der Waals surface area (Å²) in [5.74, 6) is -0.221. The van der Waals surface area contributed by atoms with Gasteiger partial charge in [-0.3, -0.25) is 4.79 Å². The number of rotatable bonds is 8. The minimum absolute atomic E-state index is 0.155. The van der Waals surface area contributed by atoms with Crippen LogP contribution in [-0.2, 0) is 16.1 Å². The third-order valence-corrected chi connectivity index (χ3v) is 3.69. The fourth-order valence-corrected chi connectivity index (χ4v) is 2.37. The number of hydrogen-bond acceptors (Lipinski definition) is 6. The van der Waals surface area contributed by atoms with Crippen LogP contribution in [0.4, 0.5) is 0 Å². The maximum absolute atomic E-state index is 12.1. The molecule has 1 aromatic rings. The number of carboxylic acids is 1. The Morgan fingerprint density at radius 1 is 1.35 bits per heavy atom. The minimum Gasteiger partial charge on any atom is -0.480 e. The molecule has 0 saturated carbocycles. The van der Waals surface area contributed by atoms with Gasteiger partial charge in [-0.05, 0) is 30.0 Å². The molecule has 1 heterocycles. The number of nitrogens with one attached hydrogen (secondary N) is 2. The molecule has 26 heavy (non-hydrogen) atoms. The Morgan fingerprint density at radius 3 is 2.73 bits per heavy atom. The first-order valence-corrected chi connectivity index (χ1v) is 8.16. The van der Waals surface area contributed by atoms with Crippen LogP contribution < -0.4 is 20.1 Å². The van der Waals surface area contributed by atoms with Gasteiger partial charge in [0.2, 0.25) is 6.79 Å². The predicted molar refractivity (Wildman–Crippen MR) is 92.1 cm³/mol. The summed E-state index contributed by atoms with van der Waals surface area (Å²) in [7, 11) is 0. The normalized spacial score (nSPS) is 13.8. The van der Waals surface area contributed by atoms with E-state index >= 15 is 0 Å². The van der Waals surface area contributed by atoms with Crippen LogP contribution in [0, 0.1) is 17.2 Å². The Bertz CT molecular complexity index is 752. The maximum Gasteiger partial charge on any atom is 0.326 e. The Labute approximate surface area is 151 Å². The third kappa shape index (κ3) is 5.14. The summed E-state index contributed by atoms with van der Waals surface area (Å²) in [4.78, 5) is 23.4. The van der Waals surface area contributed by atoms with Crippen LogP contribution in [0.3, 0.4) is 0 Å². The van der Waals surface area contributed by atoms with E-state index in [-0.39, 0.29) is 24.8 Å². The van der Waals surface area contributed by atoms with Crippen LogP contribution in [0.1, 0.15) is 25.8 Å². The summed E-state index contributed by atoms with van der Waals surface area (Å²) in [5, 5.41) is 23.6. The van der Waals surface area contributed by atoms with Crippen molar-refractivity contribution in [3.8, 4) is 17.6 Å². The van der Waals surface area contributed by atoms with Crippen molar-refractivity contribution in [2.75, 3.05) is 6.79 Å². The van der Waals surface area contributed by atoms with Gasteiger partial charge in [-0.2, -0.15) is 5.26 Å². The summed E-state index contributed by atoms with van der Waals surface area (Å²) in [6.45, 7) is 4.15. The van der Waals surface area contributed by atoms with E-state index in [0.717, 1.165) is 11.8 Å². The standard InChI is InChI=1S/C18H21N3O5/c1-11(2)5-14(18(23)24)20-9-13(7-19)17(22)21-8-12-3-4-15-16(6-12)26-10-25-15/h3-4,6,9,11,14,20H,5,8,10H2,1-2H3,(H,21,22)(H,23,24)/b13-9-. The van der Waals surface area contributed by atoms with E-state index in [9.17, 15) is 14.7 Å². The second kappa shape index (κ2) is 8.76. The molecule has 8 nitrogen and oxygen atoms in total. The number of nitriles is 1. The highest BCUT2D eigenvalue weighted by atomic mass is 16.7. The van der Waals surface area contributed by atoms with Crippen molar-refractivity contribution in [2.45, 2.75) is 32.9 Å². The fraction of sp³-hybridized carbons (Fsp3) is 0.389. The van der Waals surface area contributed by atoms with E-state index in [0.29, 0.717) is 17.9 Å². The molecule has 1 atom stereocenters. The van der Waals surface area contributed by atoms with Gasteiger partial charge in [-0.25, -0.2) is 4.79 Å². The number of hydrogen-bond donors (Lipinski definition) is 3. The fourth-order valence-electron chi connectivity index (χ4n) is 2.37. The van der Waals surface area contributed by atoms with E-state index in [2.05, 4.69) is 10.6 Å². The first-order valence-electron chi connectivity index (χ1n) is 8.16. The van der Waals surface area contributed by atoms with Crippen molar-refractivity contribution in [1.29, 1.82) is 5.26 Å². The van der Waals surface area contributed by atoms with E-state index in [4.69, 9.17) is 14.7 Å². The molecule has 1 aromatic carbocycles. The molecule has 138 valence electrons. The van der Waals surface area contributed by atoms with Gasteiger partial charge in [0.1, 0.15) is 17.7 Å². The molecular weight excluding hydrogens is 338 g/mol. The molecule has 0 spiro atoms. The summed E-state index contributed by atoms with van der Waals surface area (Å²) < 4.78 is 10.5. The van der Waals surface area contributed by atoms with Gasteiger partial charge in [-0.1, -0.05) is 19.9 Å². The number of carbonyl (C=O) groups excluding carboxylic acids is 1. The van der Waals surface area contributed by atoms with Crippen LogP contribution in [0.5, 0.6) is 11.5 Å². The first-order chi connectivity index (χ1) is 12.4. The zero-order valence-electron chi connectivity index (χ0n) is 14.6. The molecule has 0 saturated heterocycles. The van der Waals surface area contributed by atoms with E-state index < -0.39 is 17.9 Å². The summed E-state index contributed by atoms with van der Waals surface area (Å²) in [6, 6.07) is 6.19. The average molecular weight is 359 g/mol. The van der Waals surface area contributed by atoms with Crippen LogP contribution in [0.15, 0.2) is 30.0 Å². The molecule has 0 radical (unpaired) electrons. The second-order valence-electron chi connectivity index (χ2n) is 6.23. The molecule has 1 aliphatic rings. The first kappa shape index (κ1) is 19.1. The highest BCUT2D eigenvalue weighted by Crippen LogP contribution is 2.32. The molecule has 0 fully saturated rings.